The topological polar surface area (TPSA) is 60.2 Å². The molecule has 0 aliphatic carbocycles. The van der Waals surface area contributed by atoms with Gasteiger partial charge in [0.1, 0.15) is 5.75 Å². The second-order valence-electron chi connectivity index (χ2n) is 4.68. The molecule has 1 saturated heterocycles. The van der Waals surface area contributed by atoms with Crippen molar-refractivity contribution < 1.29 is 18.0 Å². The zero-order valence-electron chi connectivity index (χ0n) is 10.8. The van der Waals surface area contributed by atoms with Gasteiger partial charge in [0.05, 0.1) is 19.7 Å². The molecule has 1 fully saturated rings. The highest BCUT2D eigenvalue weighted by Crippen LogP contribution is 2.34. The summed E-state index contributed by atoms with van der Waals surface area (Å²) in [6.07, 6.45) is -0.327. The minimum absolute atomic E-state index is 0.181. The molecule has 1 N–H and O–H groups in total. The quantitative estimate of drug-likeness (QED) is 0.936. The number of aromatic nitrogens is 2. The van der Waals surface area contributed by atoms with Crippen molar-refractivity contribution in [3.63, 3.8) is 0 Å². The van der Waals surface area contributed by atoms with Gasteiger partial charge in [-0.25, -0.2) is 8.78 Å². The summed E-state index contributed by atoms with van der Waals surface area (Å²) in [4.78, 5) is 4.17. The van der Waals surface area contributed by atoms with Gasteiger partial charge in [-0.2, -0.15) is 4.98 Å². The van der Waals surface area contributed by atoms with Gasteiger partial charge in [-0.05, 0) is 12.1 Å². The minimum atomic E-state index is -2.73. The molecule has 2 aromatic rings. The fourth-order valence-electron chi connectivity index (χ4n) is 2.15. The lowest BCUT2D eigenvalue weighted by atomic mass is 10.2. The molecule has 1 aromatic heterocycles. The van der Waals surface area contributed by atoms with Crippen LogP contribution >= 0.6 is 0 Å². The van der Waals surface area contributed by atoms with Crippen molar-refractivity contribution in [1.82, 2.24) is 15.5 Å². The van der Waals surface area contributed by atoms with Crippen LogP contribution in [0.2, 0.25) is 0 Å². The number of alkyl halides is 2. The second-order valence-corrected chi connectivity index (χ2v) is 4.68. The Morgan fingerprint density at radius 2 is 2.30 bits per heavy atom. The molecule has 0 spiro atoms. The fourth-order valence-corrected chi connectivity index (χ4v) is 2.15. The zero-order chi connectivity index (χ0) is 14.2. The van der Waals surface area contributed by atoms with Crippen LogP contribution in [0.3, 0.4) is 0 Å². The van der Waals surface area contributed by atoms with E-state index in [4.69, 9.17) is 9.26 Å². The summed E-state index contributed by atoms with van der Waals surface area (Å²) in [5.74, 6) is -1.52. The Bertz CT molecular complexity index is 615. The molecule has 0 amide bonds. The van der Waals surface area contributed by atoms with Crippen LogP contribution in [0.15, 0.2) is 28.8 Å². The summed E-state index contributed by atoms with van der Waals surface area (Å²) in [7, 11) is 1.56. The van der Waals surface area contributed by atoms with E-state index in [9.17, 15) is 8.78 Å². The van der Waals surface area contributed by atoms with Crippen LogP contribution in [0.4, 0.5) is 8.78 Å². The molecular formula is C13H13F2N3O2. The van der Waals surface area contributed by atoms with Crippen molar-refractivity contribution in [2.24, 2.45) is 0 Å². The Morgan fingerprint density at radius 1 is 1.45 bits per heavy atom. The third kappa shape index (κ3) is 2.49. The van der Waals surface area contributed by atoms with E-state index >= 15 is 0 Å². The number of ether oxygens (including phenoxy) is 1. The molecule has 20 heavy (non-hydrogen) atoms. The highest BCUT2D eigenvalue weighted by molar-refractivity contribution is 5.56. The van der Waals surface area contributed by atoms with Gasteiger partial charge in [0, 0.05) is 12.0 Å². The lowest BCUT2D eigenvalue weighted by molar-refractivity contribution is 0.0200. The Balaban J connectivity index is 1.83. The van der Waals surface area contributed by atoms with Gasteiger partial charge in [-0.1, -0.05) is 17.3 Å². The average molecular weight is 281 g/mol. The summed E-state index contributed by atoms with van der Waals surface area (Å²) >= 11 is 0. The van der Waals surface area contributed by atoms with E-state index < -0.39 is 12.0 Å². The third-order valence-corrected chi connectivity index (χ3v) is 3.18. The first-order chi connectivity index (χ1) is 9.57. The van der Waals surface area contributed by atoms with Crippen LogP contribution in [0, 0.1) is 0 Å². The Hall–Kier alpha value is -2.02. The number of nitrogens with one attached hydrogen (secondary N) is 1. The van der Waals surface area contributed by atoms with Gasteiger partial charge in [0.25, 0.3) is 5.92 Å². The number of halogens is 2. The summed E-state index contributed by atoms with van der Waals surface area (Å²) in [6.45, 7) is -0.367. The first-order valence-corrected chi connectivity index (χ1v) is 6.17. The maximum absolute atomic E-state index is 13.1. The van der Waals surface area contributed by atoms with Crippen molar-refractivity contribution in [2.75, 3.05) is 13.7 Å². The van der Waals surface area contributed by atoms with E-state index in [1.165, 1.54) is 0 Å². The van der Waals surface area contributed by atoms with Crippen molar-refractivity contribution in [3.05, 3.63) is 30.2 Å². The maximum Gasteiger partial charge on any atom is 0.262 e. The molecule has 5 nitrogen and oxygen atoms in total. The van der Waals surface area contributed by atoms with Gasteiger partial charge in [-0.15, -0.1) is 0 Å². The number of methoxy groups -OCH3 is 1. The van der Waals surface area contributed by atoms with Gasteiger partial charge < -0.3 is 9.26 Å². The van der Waals surface area contributed by atoms with Crippen LogP contribution in [0.1, 0.15) is 18.4 Å². The molecular weight excluding hydrogens is 268 g/mol. The van der Waals surface area contributed by atoms with Gasteiger partial charge in [-0.3, -0.25) is 5.32 Å². The minimum Gasteiger partial charge on any atom is -0.497 e. The molecule has 0 bridgehead atoms. The second kappa shape index (κ2) is 4.82. The predicted octanol–water partition coefficient (Wildman–Crippen LogP) is 2.41. The van der Waals surface area contributed by atoms with Gasteiger partial charge >= 0.3 is 0 Å². The monoisotopic (exact) mass is 281 g/mol. The van der Waals surface area contributed by atoms with Crippen molar-refractivity contribution in [2.45, 2.75) is 18.4 Å². The van der Waals surface area contributed by atoms with E-state index in [-0.39, 0.29) is 18.9 Å². The first-order valence-electron chi connectivity index (χ1n) is 6.17. The largest absolute Gasteiger partial charge is 0.497 e. The van der Waals surface area contributed by atoms with E-state index in [0.29, 0.717) is 17.1 Å². The molecule has 3 rings (SSSR count). The van der Waals surface area contributed by atoms with E-state index in [1.54, 1.807) is 31.4 Å². The highest BCUT2D eigenvalue weighted by Gasteiger charge is 2.42. The molecule has 1 aliphatic rings. The average Bonchev–Trinajstić information content (AvgIpc) is 3.05. The van der Waals surface area contributed by atoms with Crippen LogP contribution < -0.4 is 10.1 Å². The van der Waals surface area contributed by atoms with E-state index in [0.717, 1.165) is 0 Å². The van der Waals surface area contributed by atoms with Crippen molar-refractivity contribution >= 4 is 0 Å². The number of benzene rings is 1. The lowest BCUT2D eigenvalue weighted by Crippen LogP contribution is -2.19. The summed E-state index contributed by atoms with van der Waals surface area (Å²) in [5, 5.41) is 6.51. The maximum atomic E-state index is 13.1. The van der Waals surface area contributed by atoms with Crippen LogP contribution in [-0.4, -0.2) is 29.7 Å². The lowest BCUT2D eigenvalue weighted by Gasteiger charge is -2.04. The van der Waals surface area contributed by atoms with E-state index in [1.807, 2.05) is 0 Å². The van der Waals surface area contributed by atoms with Gasteiger partial charge in [0.15, 0.2) is 0 Å². The first kappa shape index (κ1) is 13.0. The Labute approximate surface area is 113 Å². The molecule has 1 atom stereocenters. The number of hydrogen-bond donors (Lipinski definition) is 1. The molecule has 106 valence electrons. The molecule has 0 radical (unpaired) electrons. The van der Waals surface area contributed by atoms with Crippen molar-refractivity contribution in [3.8, 4) is 17.1 Å². The molecule has 2 heterocycles. The van der Waals surface area contributed by atoms with Crippen molar-refractivity contribution in [1.29, 1.82) is 0 Å². The number of hydrogen-bond acceptors (Lipinski definition) is 5. The molecule has 0 saturated carbocycles. The van der Waals surface area contributed by atoms with E-state index in [2.05, 4.69) is 15.5 Å². The standard InChI is InChI=1S/C13H13F2N3O2/c1-19-9-4-2-3-8(5-9)11-17-12(20-18-11)10-6-13(14,15)7-16-10/h2-5,10,16H,6-7H2,1H3. The molecule has 1 aliphatic heterocycles. The number of rotatable bonds is 3. The normalized spacial score (nSPS) is 21.1. The summed E-state index contributed by atoms with van der Waals surface area (Å²) in [6, 6.07) is 6.55. The van der Waals surface area contributed by atoms with Crippen LogP contribution in [0.25, 0.3) is 11.4 Å². The zero-order valence-corrected chi connectivity index (χ0v) is 10.8. The fraction of sp³-hybridized carbons (Fsp3) is 0.385. The Morgan fingerprint density at radius 3 is 3.00 bits per heavy atom. The summed E-state index contributed by atoms with van der Waals surface area (Å²) < 4.78 is 36.5. The Kier molecular flexibility index (Phi) is 3.13. The predicted molar refractivity (Wildman–Crippen MR) is 66.6 cm³/mol. The van der Waals surface area contributed by atoms with Gasteiger partial charge in [0.2, 0.25) is 11.7 Å². The highest BCUT2D eigenvalue weighted by atomic mass is 19.3. The molecule has 1 aromatic carbocycles. The molecule has 7 heteroatoms. The summed E-state index contributed by atoms with van der Waals surface area (Å²) in [5.41, 5.74) is 0.712. The third-order valence-electron chi connectivity index (χ3n) is 3.18. The molecule has 1 unspecified atom stereocenters. The SMILES string of the molecule is COc1cccc(-c2noc(C3CC(F)(F)CN3)n2)c1. The smallest absolute Gasteiger partial charge is 0.262 e. The van der Waals surface area contributed by atoms with Crippen LogP contribution in [0.5, 0.6) is 5.75 Å². The van der Waals surface area contributed by atoms with Crippen LogP contribution in [-0.2, 0) is 0 Å². The number of nitrogens with zero attached hydrogens (tertiary/aromatic N) is 2.